The fourth-order valence-corrected chi connectivity index (χ4v) is 6.43. The molecule has 0 bridgehead atoms. The second-order valence-corrected chi connectivity index (χ2v) is 12.6. The summed E-state index contributed by atoms with van der Waals surface area (Å²) in [5, 5.41) is 0. The van der Waals surface area contributed by atoms with E-state index < -0.39 is 20.0 Å². The third kappa shape index (κ3) is 4.77. The Morgan fingerprint density at radius 1 is 0.667 bits per heavy atom. The monoisotopic (exact) mass is 450 g/mol. The van der Waals surface area contributed by atoms with Gasteiger partial charge in [-0.2, -0.15) is 8.61 Å². The molecular weight excluding hydrogens is 420 g/mol. The minimum Gasteiger partial charge on any atom is -0.207 e. The molecule has 164 valence electrons. The van der Waals surface area contributed by atoms with E-state index in [9.17, 15) is 16.8 Å². The lowest BCUT2D eigenvalue weighted by Gasteiger charge is -2.23. The predicted molar refractivity (Wildman–Crippen MR) is 118 cm³/mol. The zero-order valence-corrected chi connectivity index (χ0v) is 19.6. The highest BCUT2D eigenvalue weighted by atomic mass is 32.2. The van der Waals surface area contributed by atoms with Crippen LogP contribution in [0.4, 0.5) is 0 Å². The van der Waals surface area contributed by atoms with Crippen LogP contribution in [0.15, 0.2) is 58.3 Å². The van der Waals surface area contributed by atoms with Gasteiger partial charge in [0.2, 0.25) is 20.0 Å². The molecule has 30 heavy (non-hydrogen) atoms. The van der Waals surface area contributed by atoms with Gasteiger partial charge in [-0.15, -0.1) is 0 Å². The molecule has 8 heteroatoms. The summed E-state index contributed by atoms with van der Waals surface area (Å²) in [5.74, 6) is 0. The molecule has 1 fully saturated rings. The van der Waals surface area contributed by atoms with Crippen LogP contribution in [-0.4, -0.2) is 51.6 Å². The smallest absolute Gasteiger partial charge is 0.207 e. The Morgan fingerprint density at radius 3 is 1.47 bits per heavy atom. The maximum absolute atomic E-state index is 13.1. The summed E-state index contributed by atoms with van der Waals surface area (Å²) in [6.45, 7) is 8.99. The number of aryl methyl sites for hydroxylation is 1. The van der Waals surface area contributed by atoms with Crippen LogP contribution in [0.5, 0.6) is 0 Å². The van der Waals surface area contributed by atoms with Crippen molar-refractivity contribution in [3.05, 3.63) is 59.7 Å². The zero-order valence-electron chi connectivity index (χ0n) is 18.0. The average Bonchev–Trinajstić information content (AvgIpc) is 2.95. The summed E-state index contributed by atoms with van der Waals surface area (Å²) in [6, 6.07) is 13.7. The molecule has 0 N–H and O–H groups in total. The topological polar surface area (TPSA) is 74.8 Å². The number of benzene rings is 2. The first kappa shape index (κ1) is 22.9. The molecule has 1 aliphatic heterocycles. The summed E-state index contributed by atoms with van der Waals surface area (Å²) in [5.41, 5.74) is 1.99. The lowest BCUT2D eigenvalue weighted by atomic mass is 9.87. The van der Waals surface area contributed by atoms with Gasteiger partial charge in [-0.25, -0.2) is 16.8 Å². The van der Waals surface area contributed by atoms with Gasteiger partial charge in [0.25, 0.3) is 0 Å². The second-order valence-electron chi connectivity index (χ2n) is 8.75. The van der Waals surface area contributed by atoms with Crippen molar-refractivity contribution in [2.75, 3.05) is 26.2 Å². The zero-order chi connectivity index (χ0) is 22.2. The van der Waals surface area contributed by atoms with E-state index >= 15 is 0 Å². The van der Waals surface area contributed by atoms with Gasteiger partial charge in [0.1, 0.15) is 0 Å². The first-order chi connectivity index (χ1) is 13.9. The van der Waals surface area contributed by atoms with E-state index in [1.807, 2.05) is 19.1 Å². The predicted octanol–water partition coefficient (Wildman–Crippen LogP) is 3.38. The number of hydrogen-bond donors (Lipinski definition) is 0. The molecule has 1 aliphatic rings. The van der Waals surface area contributed by atoms with Gasteiger partial charge >= 0.3 is 0 Å². The van der Waals surface area contributed by atoms with E-state index in [0.717, 1.165) is 11.1 Å². The highest BCUT2D eigenvalue weighted by Crippen LogP contribution is 2.26. The van der Waals surface area contributed by atoms with Crippen molar-refractivity contribution in [3.63, 3.8) is 0 Å². The summed E-state index contributed by atoms with van der Waals surface area (Å²) in [6.07, 6.45) is 0.449. The van der Waals surface area contributed by atoms with Crippen molar-refractivity contribution in [3.8, 4) is 0 Å². The molecule has 1 heterocycles. The second kappa shape index (κ2) is 8.42. The standard InChI is InChI=1S/C22H30N2O4S2/c1-18-6-10-20(11-7-18)29(25,26)23-14-5-15-24(17-16-23)30(27,28)21-12-8-19(9-13-21)22(2,3)4/h6-13H,5,14-17H2,1-4H3. The Balaban J connectivity index is 1.78. The van der Waals surface area contributed by atoms with Gasteiger partial charge in [-0.3, -0.25) is 0 Å². The maximum Gasteiger partial charge on any atom is 0.243 e. The Kier molecular flexibility index (Phi) is 6.43. The molecule has 0 spiro atoms. The SMILES string of the molecule is Cc1ccc(S(=O)(=O)N2CCCN(S(=O)(=O)c3ccc(C(C)(C)C)cc3)CC2)cc1. The van der Waals surface area contributed by atoms with Crippen LogP contribution in [0.2, 0.25) is 0 Å². The molecule has 2 aromatic rings. The molecule has 0 unspecified atom stereocenters. The van der Waals surface area contributed by atoms with E-state index in [4.69, 9.17) is 0 Å². The van der Waals surface area contributed by atoms with Gasteiger partial charge in [-0.1, -0.05) is 50.6 Å². The van der Waals surface area contributed by atoms with Crippen LogP contribution in [0.25, 0.3) is 0 Å². The van der Waals surface area contributed by atoms with Crippen LogP contribution >= 0.6 is 0 Å². The molecule has 0 saturated carbocycles. The molecule has 0 atom stereocenters. The largest absolute Gasteiger partial charge is 0.243 e. The first-order valence-corrected chi connectivity index (χ1v) is 13.0. The van der Waals surface area contributed by atoms with Crippen molar-refractivity contribution in [1.29, 1.82) is 0 Å². The Hall–Kier alpha value is -1.74. The minimum absolute atomic E-state index is 0.0598. The van der Waals surface area contributed by atoms with Gasteiger partial charge < -0.3 is 0 Å². The Bertz CT molecular complexity index is 1090. The van der Waals surface area contributed by atoms with Crippen LogP contribution in [0.1, 0.15) is 38.3 Å². The van der Waals surface area contributed by atoms with Crippen molar-refractivity contribution in [2.45, 2.75) is 49.3 Å². The summed E-state index contributed by atoms with van der Waals surface area (Å²) in [4.78, 5) is 0.479. The lowest BCUT2D eigenvalue weighted by molar-refractivity contribution is 0.404. The number of hydrogen-bond acceptors (Lipinski definition) is 4. The molecule has 0 aliphatic carbocycles. The fourth-order valence-electron chi connectivity index (χ4n) is 3.49. The molecule has 0 radical (unpaired) electrons. The maximum atomic E-state index is 13.1. The third-order valence-electron chi connectivity index (χ3n) is 5.43. The Labute approximate surface area is 180 Å². The van der Waals surface area contributed by atoms with Gasteiger partial charge in [0.05, 0.1) is 9.79 Å². The van der Waals surface area contributed by atoms with Crippen LogP contribution < -0.4 is 0 Å². The highest BCUT2D eigenvalue weighted by molar-refractivity contribution is 7.89. The molecular formula is C22H30N2O4S2. The quantitative estimate of drug-likeness (QED) is 0.716. The van der Waals surface area contributed by atoms with E-state index in [0.29, 0.717) is 19.5 Å². The van der Waals surface area contributed by atoms with E-state index in [-0.39, 0.29) is 28.3 Å². The number of nitrogens with zero attached hydrogens (tertiary/aromatic N) is 2. The van der Waals surface area contributed by atoms with E-state index in [2.05, 4.69) is 20.8 Å². The molecule has 0 amide bonds. The van der Waals surface area contributed by atoms with Crippen LogP contribution in [-0.2, 0) is 25.5 Å². The molecule has 3 rings (SSSR count). The minimum atomic E-state index is -3.67. The van der Waals surface area contributed by atoms with Gasteiger partial charge in [0.15, 0.2) is 0 Å². The van der Waals surface area contributed by atoms with Crippen LogP contribution in [0, 0.1) is 6.92 Å². The number of sulfonamides is 2. The fraction of sp³-hybridized carbons (Fsp3) is 0.455. The molecule has 6 nitrogen and oxygen atoms in total. The average molecular weight is 451 g/mol. The molecule has 2 aromatic carbocycles. The van der Waals surface area contributed by atoms with Crippen molar-refractivity contribution in [2.24, 2.45) is 0 Å². The normalized spacial score (nSPS) is 17.6. The van der Waals surface area contributed by atoms with Crippen molar-refractivity contribution >= 4 is 20.0 Å². The summed E-state index contributed by atoms with van der Waals surface area (Å²) < 4.78 is 55.0. The van der Waals surface area contributed by atoms with E-state index in [1.165, 1.54) is 8.61 Å². The summed E-state index contributed by atoms with van der Waals surface area (Å²) in [7, 11) is -7.32. The van der Waals surface area contributed by atoms with E-state index in [1.54, 1.807) is 36.4 Å². The third-order valence-corrected chi connectivity index (χ3v) is 9.26. The van der Waals surface area contributed by atoms with Gasteiger partial charge in [0, 0.05) is 26.2 Å². The molecule has 0 aromatic heterocycles. The first-order valence-electron chi connectivity index (χ1n) is 10.1. The van der Waals surface area contributed by atoms with Crippen LogP contribution in [0.3, 0.4) is 0 Å². The van der Waals surface area contributed by atoms with Gasteiger partial charge in [-0.05, 0) is 48.6 Å². The highest BCUT2D eigenvalue weighted by Gasteiger charge is 2.31. The lowest BCUT2D eigenvalue weighted by Crippen LogP contribution is -2.37. The van der Waals surface area contributed by atoms with Crippen molar-refractivity contribution in [1.82, 2.24) is 8.61 Å². The Morgan fingerprint density at radius 2 is 1.07 bits per heavy atom. The molecule has 1 saturated heterocycles. The van der Waals surface area contributed by atoms with Crippen molar-refractivity contribution < 1.29 is 16.8 Å². The summed E-state index contributed by atoms with van der Waals surface area (Å²) >= 11 is 0. The number of rotatable bonds is 4.